The molecular weight excluding hydrogens is 278 g/mol. The minimum Gasteiger partial charge on any atom is -0.384 e. The number of hydrogen-bond acceptors (Lipinski definition) is 4. The van der Waals surface area contributed by atoms with Crippen LogP contribution in [-0.4, -0.2) is 60.6 Å². The Morgan fingerprint density at radius 1 is 1.32 bits per heavy atom. The number of piperazine rings is 1. The largest absolute Gasteiger partial charge is 0.384 e. The number of carbonyl (C=O) groups excluding carboxylic acids is 1. The van der Waals surface area contributed by atoms with Crippen LogP contribution in [0.3, 0.4) is 0 Å². The van der Waals surface area contributed by atoms with Gasteiger partial charge in [-0.15, -0.1) is 0 Å². The van der Waals surface area contributed by atoms with Crippen LogP contribution in [0.1, 0.15) is 24.8 Å². The highest BCUT2D eigenvalue weighted by Gasteiger charge is 2.46. The van der Waals surface area contributed by atoms with E-state index in [2.05, 4.69) is 16.0 Å². The van der Waals surface area contributed by atoms with E-state index in [4.69, 9.17) is 4.74 Å². The summed E-state index contributed by atoms with van der Waals surface area (Å²) >= 11 is 0. The average molecular weight is 303 g/mol. The normalized spacial score (nSPS) is 21.4. The molecule has 0 aromatic carbocycles. The van der Waals surface area contributed by atoms with E-state index in [0.29, 0.717) is 12.5 Å². The lowest BCUT2D eigenvalue weighted by molar-refractivity contribution is -0.154. The first kappa shape index (κ1) is 15.4. The van der Waals surface area contributed by atoms with Crippen LogP contribution in [0, 0.1) is 5.41 Å². The fourth-order valence-corrected chi connectivity index (χ4v) is 3.49. The number of pyridine rings is 1. The molecule has 2 aliphatic rings. The molecule has 1 saturated heterocycles. The number of nitrogens with zero attached hydrogens (tertiary/aromatic N) is 3. The van der Waals surface area contributed by atoms with Gasteiger partial charge in [-0.1, -0.05) is 12.5 Å². The number of ether oxygens (including phenoxy) is 1. The van der Waals surface area contributed by atoms with Crippen LogP contribution in [0.25, 0.3) is 0 Å². The molecule has 1 aliphatic heterocycles. The van der Waals surface area contributed by atoms with Crippen LogP contribution in [0.4, 0.5) is 0 Å². The molecule has 0 unspecified atom stereocenters. The lowest BCUT2D eigenvalue weighted by atomic mass is 9.68. The van der Waals surface area contributed by atoms with Crippen molar-refractivity contribution < 1.29 is 9.53 Å². The zero-order valence-electron chi connectivity index (χ0n) is 13.3. The Hall–Kier alpha value is -1.46. The highest BCUT2D eigenvalue weighted by Crippen LogP contribution is 2.42. The quantitative estimate of drug-likeness (QED) is 0.828. The Balaban J connectivity index is 1.52. The standard InChI is InChI=1S/C17H25N3O2/c1-22-14-17(5-3-6-17)16(21)20-10-8-19(9-11-20)13-15-4-2-7-18-12-15/h2,4,7,12H,3,5-6,8-11,13-14H2,1H3. The molecule has 5 heteroatoms. The van der Waals surface area contributed by atoms with Gasteiger partial charge in [-0.25, -0.2) is 0 Å². The van der Waals surface area contributed by atoms with Gasteiger partial charge in [0.1, 0.15) is 0 Å². The van der Waals surface area contributed by atoms with Gasteiger partial charge in [-0.3, -0.25) is 14.7 Å². The molecule has 22 heavy (non-hydrogen) atoms. The van der Waals surface area contributed by atoms with Crippen molar-refractivity contribution in [2.45, 2.75) is 25.8 Å². The Bertz CT molecular complexity index is 494. The van der Waals surface area contributed by atoms with E-state index in [1.165, 1.54) is 5.56 Å². The molecule has 0 atom stereocenters. The number of carbonyl (C=O) groups is 1. The van der Waals surface area contributed by atoms with Gasteiger partial charge >= 0.3 is 0 Å². The summed E-state index contributed by atoms with van der Waals surface area (Å²) in [5.74, 6) is 0.307. The molecule has 0 bridgehead atoms. The molecule has 1 aromatic rings. The van der Waals surface area contributed by atoms with E-state index in [1.54, 1.807) is 13.3 Å². The topological polar surface area (TPSA) is 45.7 Å². The van der Waals surface area contributed by atoms with Crippen molar-refractivity contribution in [1.82, 2.24) is 14.8 Å². The first-order chi connectivity index (χ1) is 10.7. The van der Waals surface area contributed by atoms with Crippen molar-refractivity contribution in [3.63, 3.8) is 0 Å². The summed E-state index contributed by atoms with van der Waals surface area (Å²) in [6.45, 7) is 5.00. The third-order valence-electron chi connectivity index (χ3n) is 4.97. The number of amides is 1. The van der Waals surface area contributed by atoms with Gasteiger partial charge in [0.25, 0.3) is 0 Å². The summed E-state index contributed by atoms with van der Waals surface area (Å²) in [7, 11) is 1.69. The molecule has 2 fully saturated rings. The van der Waals surface area contributed by atoms with Crippen molar-refractivity contribution in [3.05, 3.63) is 30.1 Å². The van der Waals surface area contributed by atoms with Gasteiger partial charge in [0.2, 0.25) is 5.91 Å². The summed E-state index contributed by atoms with van der Waals surface area (Å²) in [4.78, 5) is 21.4. The Labute approximate surface area is 132 Å². The second kappa shape index (κ2) is 6.75. The first-order valence-electron chi connectivity index (χ1n) is 8.13. The van der Waals surface area contributed by atoms with Crippen LogP contribution in [0.15, 0.2) is 24.5 Å². The third kappa shape index (κ3) is 3.15. The second-order valence-corrected chi connectivity index (χ2v) is 6.50. The number of methoxy groups -OCH3 is 1. The van der Waals surface area contributed by atoms with Crippen molar-refractivity contribution in [1.29, 1.82) is 0 Å². The average Bonchev–Trinajstić information content (AvgIpc) is 2.52. The molecule has 1 aliphatic carbocycles. The van der Waals surface area contributed by atoms with Gasteiger partial charge < -0.3 is 9.64 Å². The van der Waals surface area contributed by atoms with Crippen molar-refractivity contribution in [2.24, 2.45) is 5.41 Å². The lowest BCUT2D eigenvalue weighted by Gasteiger charge is -2.45. The molecule has 0 N–H and O–H groups in total. The predicted molar refractivity (Wildman–Crippen MR) is 84.3 cm³/mol. The first-order valence-corrected chi connectivity index (χ1v) is 8.13. The van der Waals surface area contributed by atoms with E-state index >= 15 is 0 Å². The maximum absolute atomic E-state index is 12.8. The molecule has 1 amide bonds. The SMILES string of the molecule is COCC1(C(=O)N2CCN(Cc3cccnc3)CC2)CCC1. The van der Waals surface area contributed by atoms with E-state index in [-0.39, 0.29) is 5.41 Å². The van der Waals surface area contributed by atoms with Crippen LogP contribution in [0.5, 0.6) is 0 Å². The molecule has 2 heterocycles. The van der Waals surface area contributed by atoms with Crippen LogP contribution in [0.2, 0.25) is 0 Å². The van der Waals surface area contributed by atoms with Gasteiger partial charge in [0.15, 0.2) is 0 Å². The minimum absolute atomic E-state index is 0.222. The van der Waals surface area contributed by atoms with E-state index in [1.807, 2.05) is 17.2 Å². The molecule has 1 aromatic heterocycles. The fraction of sp³-hybridized carbons (Fsp3) is 0.647. The number of aromatic nitrogens is 1. The molecule has 0 radical (unpaired) electrons. The minimum atomic E-state index is -0.222. The molecular formula is C17H25N3O2. The second-order valence-electron chi connectivity index (χ2n) is 6.50. The van der Waals surface area contributed by atoms with Gasteiger partial charge in [-0.05, 0) is 24.5 Å². The summed E-state index contributed by atoms with van der Waals surface area (Å²) < 4.78 is 5.30. The Morgan fingerprint density at radius 2 is 2.09 bits per heavy atom. The molecule has 120 valence electrons. The van der Waals surface area contributed by atoms with E-state index in [0.717, 1.165) is 52.0 Å². The molecule has 0 spiro atoms. The van der Waals surface area contributed by atoms with Crippen LogP contribution >= 0.6 is 0 Å². The summed E-state index contributed by atoms with van der Waals surface area (Å²) in [5, 5.41) is 0. The third-order valence-corrected chi connectivity index (χ3v) is 4.97. The zero-order valence-corrected chi connectivity index (χ0v) is 13.3. The van der Waals surface area contributed by atoms with E-state index < -0.39 is 0 Å². The van der Waals surface area contributed by atoms with Crippen molar-refractivity contribution >= 4 is 5.91 Å². The summed E-state index contributed by atoms with van der Waals surface area (Å²) in [6, 6.07) is 4.08. The van der Waals surface area contributed by atoms with Gasteiger partial charge in [0, 0.05) is 52.2 Å². The Kier molecular flexibility index (Phi) is 4.74. The van der Waals surface area contributed by atoms with E-state index in [9.17, 15) is 4.79 Å². The maximum atomic E-state index is 12.8. The number of hydrogen-bond donors (Lipinski definition) is 0. The molecule has 3 rings (SSSR count). The summed E-state index contributed by atoms with van der Waals surface area (Å²) in [5.41, 5.74) is 1.01. The maximum Gasteiger partial charge on any atom is 0.231 e. The molecule has 1 saturated carbocycles. The lowest BCUT2D eigenvalue weighted by Crippen LogP contribution is -2.56. The number of rotatable bonds is 5. The smallest absolute Gasteiger partial charge is 0.231 e. The monoisotopic (exact) mass is 303 g/mol. The van der Waals surface area contributed by atoms with Gasteiger partial charge in [0.05, 0.1) is 12.0 Å². The fourth-order valence-electron chi connectivity index (χ4n) is 3.49. The van der Waals surface area contributed by atoms with Gasteiger partial charge in [-0.2, -0.15) is 0 Å². The molecule has 5 nitrogen and oxygen atoms in total. The highest BCUT2D eigenvalue weighted by molar-refractivity contribution is 5.84. The predicted octanol–water partition coefficient (Wildman–Crippen LogP) is 1.54. The van der Waals surface area contributed by atoms with Crippen molar-refractivity contribution in [2.75, 3.05) is 39.9 Å². The highest BCUT2D eigenvalue weighted by atomic mass is 16.5. The van der Waals surface area contributed by atoms with Crippen molar-refractivity contribution in [3.8, 4) is 0 Å². The summed E-state index contributed by atoms with van der Waals surface area (Å²) in [6.07, 6.45) is 6.83. The van der Waals surface area contributed by atoms with Crippen LogP contribution < -0.4 is 0 Å². The zero-order chi connectivity index (χ0) is 15.4. The Morgan fingerprint density at radius 3 is 2.64 bits per heavy atom. The van der Waals surface area contributed by atoms with Crippen LogP contribution in [-0.2, 0) is 16.1 Å².